The number of halogens is 1. The summed E-state index contributed by atoms with van der Waals surface area (Å²) in [5.74, 6) is -0.108. The number of hydrogen-bond acceptors (Lipinski definition) is 3. The Labute approximate surface area is 150 Å². The lowest BCUT2D eigenvalue weighted by Gasteiger charge is -2.31. The summed E-state index contributed by atoms with van der Waals surface area (Å²) in [5, 5.41) is 3.72. The van der Waals surface area contributed by atoms with Gasteiger partial charge in [-0.1, -0.05) is 49.7 Å². The number of ether oxygens (including phenoxy) is 1. The summed E-state index contributed by atoms with van der Waals surface area (Å²) < 4.78 is 5.50. The first-order valence-corrected chi connectivity index (χ1v) is 8.91. The Balaban J connectivity index is 2.74. The fourth-order valence-electron chi connectivity index (χ4n) is 2.59. The minimum Gasteiger partial charge on any atom is -0.368 e. The molecule has 0 bridgehead atoms. The SMILES string of the molecule is C=CCCOC(C)C(=O)NCC(c1ccccc1Cl)N(CC)CC. The molecule has 1 aromatic rings. The fourth-order valence-corrected chi connectivity index (χ4v) is 2.85. The van der Waals surface area contributed by atoms with Crippen LogP contribution in [-0.2, 0) is 9.53 Å². The van der Waals surface area contributed by atoms with Gasteiger partial charge in [0.1, 0.15) is 6.10 Å². The molecule has 1 amide bonds. The highest BCUT2D eigenvalue weighted by atomic mass is 35.5. The lowest BCUT2D eigenvalue weighted by Crippen LogP contribution is -2.41. The zero-order valence-corrected chi connectivity index (χ0v) is 15.7. The summed E-state index contributed by atoms with van der Waals surface area (Å²) in [4.78, 5) is 14.5. The van der Waals surface area contributed by atoms with Crippen LogP contribution in [-0.4, -0.2) is 43.2 Å². The maximum Gasteiger partial charge on any atom is 0.248 e. The molecule has 4 nitrogen and oxygen atoms in total. The Kier molecular flexibility index (Phi) is 9.69. The van der Waals surface area contributed by atoms with Crippen molar-refractivity contribution in [3.63, 3.8) is 0 Å². The number of carbonyl (C=O) groups is 1. The van der Waals surface area contributed by atoms with Crippen LogP contribution < -0.4 is 5.32 Å². The molecule has 0 aliphatic rings. The highest BCUT2D eigenvalue weighted by Gasteiger charge is 2.22. The Bertz CT molecular complexity index is 518. The van der Waals surface area contributed by atoms with E-state index in [9.17, 15) is 4.79 Å². The molecule has 0 aliphatic carbocycles. The quantitative estimate of drug-likeness (QED) is 0.486. The van der Waals surface area contributed by atoms with Gasteiger partial charge in [-0.3, -0.25) is 9.69 Å². The lowest BCUT2D eigenvalue weighted by atomic mass is 10.0. The van der Waals surface area contributed by atoms with Crippen LogP contribution in [0.15, 0.2) is 36.9 Å². The molecule has 0 saturated heterocycles. The van der Waals surface area contributed by atoms with Gasteiger partial charge in [0, 0.05) is 11.6 Å². The van der Waals surface area contributed by atoms with Gasteiger partial charge in [-0.2, -0.15) is 0 Å². The molecule has 0 radical (unpaired) electrons. The molecule has 1 aromatic carbocycles. The molecule has 0 fully saturated rings. The van der Waals surface area contributed by atoms with Crippen molar-refractivity contribution < 1.29 is 9.53 Å². The minimum atomic E-state index is -0.478. The largest absolute Gasteiger partial charge is 0.368 e. The van der Waals surface area contributed by atoms with Crippen molar-refractivity contribution in [2.45, 2.75) is 39.3 Å². The lowest BCUT2D eigenvalue weighted by molar-refractivity contribution is -0.131. The molecule has 24 heavy (non-hydrogen) atoms. The van der Waals surface area contributed by atoms with Gasteiger partial charge in [-0.25, -0.2) is 0 Å². The third kappa shape index (κ3) is 6.27. The van der Waals surface area contributed by atoms with E-state index in [0.29, 0.717) is 13.2 Å². The van der Waals surface area contributed by atoms with Gasteiger partial charge in [-0.05, 0) is 38.1 Å². The maximum atomic E-state index is 12.2. The molecule has 0 spiro atoms. The van der Waals surface area contributed by atoms with Gasteiger partial charge in [0.15, 0.2) is 0 Å². The second-order valence-corrected chi connectivity index (χ2v) is 6.00. The third-order valence-electron chi connectivity index (χ3n) is 4.05. The number of amides is 1. The first kappa shape index (κ1) is 20.7. The first-order chi connectivity index (χ1) is 11.5. The van der Waals surface area contributed by atoms with E-state index in [2.05, 4.69) is 30.6 Å². The fraction of sp³-hybridized carbons (Fsp3) is 0.526. The van der Waals surface area contributed by atoms with Crippen LogP contribution in [0.4, 0.5) is 0 Å². The number of rotatable bonds is 11. The number of likely N-dealkylation sites (N-methyl/N-ethyl adjacent to an activating group) is 1. The van der Waals surface area contributed by atoms with Crippen molar-refractivity contribution in [2.24, 2.45) is 0 Å². The van der Waals surface area contributed by atoms with Gasteiger partial charge < -0.3 is 10.1 Å². The number of nitrogens with one attached hydrogen (secondary N) is 1. The summed E-state index contributed by atoms with van der Waals surface area (Å²) >= 11 is 6.37. The highest BCUT2D eigenvalue weighted by Crippen LogP contribution is 2.26. The van der Waals surface area contributed by atoms with Crippen LogP contribution in [0.2, 0.25) is 5.02 Å². The van der Waals surface area contributed by atoms with Crippen molar-refractivity contribution in [2.75, 3.05) is 26.2 Å². The molecule has 0 aliphatic heterocycles. The molecule has 5 heteroatoms. The van der Waals surface area contributed by atoms with E-state index in [0.717, 1.165) is 30.1 Å². The second-order valence-electron chi connectivity index (χ2n) is 5.59. The molecular weight excluding hydrogens is 324 g/mol. The van der Waals surface area contributed by atoms with Gasteiger partial charge in [-0.15, -0.1) is 6.58 Å². The average Bonchev–Trinajstić information content (AvgIpc) is 2.59. The summed E-state index contributed by atoms with van der Waals surface area (Å²) in [6.45, 7) is 12.4. The van der Waals surface area contributed by atoms with Crippen LogP contribution in [0.3, 0.4) is 0 Å². The van der Waals surface area contributed by atoms with E-state index in [-0.39, 0.29) is 11.9 Å². The summed E-state index contributed by atoms with van der Waals surface area (Å²) in [7, 11) is 0. The van der Waals surface area contributed by atoms with Crippen LogP contribution in [0, 0.1) is 0 Å². The molecule has 1 N–H and O–H groups in total. The van der Waals surface area contributed by atoms with E-state index in [1.54, 1.807) is 13.0 Å². The average molecular weight is 353 g/mol. The molecule has 0 aromatic heterocycles. The zero-order chi connectivity index (χ0) is 17.9. The Morgan fingerprint density at radius 1 is 1.38 bits per heavy atom. The van der Waals surface area contributed by atoms with Crippen molar-refractivity contribution in [3.8, 4) is 0 Å². The Hall–Kier alpha value is -1.36. The molecule has 0 heterocycles. The second kappa shape index (κ2) is 11.2. The maximum absolute atomic E-state index is 12.2. The summed E-state index contributed by atoms with van der Waals surface area (Å²) in [5.41, 5.74) is 1.03. The molecular formula is C19H29ClN2O2. The van der Waals surface area contributed by atoms with E-state index in [1.165, 1.54) is 0 Å². The third-order valence-corrected chi connectivity index (χ3v) is 4.39. The number of carbonyl (C=O) groups excluding carboxylic acids is 1. The topological polar surface area (TPSA) is 41.6 Å². The molecule has 0 saturated carbocycles. The standard InChI is InChI=1S/C19H29ClN2O2/c1-5-8-13-24-15(4)19(23)21-14-18(22(6-2)7-3)16-11-9-10-12-17(16)20/h5,9-12,15,18H,1,6-8,13-14H2,2-4H3,(H,21,23). The molecule has 1 rings (SSSR count). The van der Waals surface area contributed by atoms with E-state index in [4.69, 9.17) is 16.3 Å². The van der Waals surface area contributed by atoms with Crippen LogP contribution in [0.5, 0.6) is 0 Å². The minimum absolute atomic E-state index is 0.0398. The van der Waals surface area contributed by atoms with Crippen molar-refractivity contribution in [1.82, 2.24) is 10.2 Å². The number of hydrogen-bond donors (Lipinski definition) is 1. The zero-order valence-electron chi connectivity index (χ0n) is 14.9. The highest BCUT2D eigenvalue weighted by molar-refractivity contribution is 6.31. The van der Waals surface area contributed by atoms with Crippen LogP contribution in [0.1, 0.15) is 38.8 Å². The van der Waals surface area contributed by atoms with Gasteiger partial charge in [0.2, 0.25) is 5.91 Å². The van der Waals surface area contributed by atoms with Crippen molar-refractivity contribution in [1.29, 1.82) is 0 Å². The summed E-state index contributed by atoms with van der Waals surface area (Å²) in [6, 6.07) is 7.83. The Morgan fingerprint density at radius 3 is 2.62 bits per heavy atom. The smallest absolute Gasteiger partial charge is 0.248 e. The van der Waals surface area contributed by atoms with Crippen LogP contribution in [0.25, 0.3) is 0 Å². The monoisotopic (exact) mass is 352 g/mol. The van der Waals surface area contributed by atoms with E-state index >= 15 is 0 Å². The van der Waals surface area contributed by atoms with Crippen molar-refractivity contribution >= 4 is 17.5 Å². The first-order valence-electron chi connectivity index (χ1n) is 8.53. The van der Waals surface area contributed by atoms with E-state index in [1.807, 2.05) is 24.3 Å². The van der Waals surface area contributed by atoms with Gasteiger partial charge >= 0.3 is 0 Å². The number of benzene rings is 1. The normalized spacial score (nSPS) is 13.5. The van der Waals surface area contributed by atoms with Gasteiger partial charge in [0.05, 0.1) is 12.6 Å². The molecule has 134 valence electrons. The van der Waals surface area contributed by atoms with Crippen LogP contribution >= 0.6 is 11.6 Å². The molecule has 2 atom stereocenters. The molecule has 2 unspecified atom stereocenters. The number of nitrogens with zero attached hydrogens (tertiary/aromatic N) is 1. The predicted molar refractivity (Wildman–Crippen MR) is 100 cm³/mol. The van der Waals surface area contributed by atoms with Crippen molar-refractivity contribution in [3.05, 3.63) is 47.5 Å². The Morgan fingerprint density at radius 2 is 2.04 bits per heavy atom. The van der Waals surface area contributed by atoms with E-state index < -0.39 is 6.10 Å². The predicted octanol–water partition coefficient (Wildman–Crippen LogP) is 3.82. The van der Waals surface area contributed by atoms with Gasteiger partial charge in [0.25, 0.3) is 0 Å². The summed E-state index contributed by atoms with van der Waals surface area (Å²) in [6.07, 6.45) is 2.03.